The Morgan fingerprint density at radius 1 is 1.36 bits per heavy atom. The Hall–Kier alpha value is -0.920. The number of aromatic nitrogens is 2. The largest absolute Gasteiger partial charge is 0.636 e. The average Bonchev–Trinajstić information content (AvgIpc) is 2.71. The molecule has 0 amide bonds. The number of hydrogen-bond donors (Lipinski definition) is 1. The Morgan fingerprint density at radius 2 is 2.14 bits per heavy atom. The Kier molecular flexibility index (Phi) is 3.19. The fourth-order valence-electron chi connectivity index (χ4n) is 2.40. The van der Waals surface area contributed by atoms with Crippen LogP contribution < -0.4 is 20.4 Å². The summed E-state index contributed by atoms with van der Waals surface area (Å²) in [6, 6.07) is 0. The summed E-state index contributed by atoms with van der Waals surface area (Å²) in [5, 5.41) is 9.93. The van der Waals surface area contributed by atoms with E-state index in [1.807, 2.05) is 0 Å². The highest BCUT2D eigenvalue weighted by Gasteiger charge is 2.47. The van der Waals surface area contributed by atoms with Crippen molar-refractivity contribution in [2.45, 2.75) is 24.9 Å². The third kappa shape index (κ3) is 1.98. The van der Waals surface area contributed by atoms with Gasteiger partial charge in [-0.25, -0.2) is 18.8 Å². The zero-order chi connectivity index (χ0) is 15.6. The summed E-state index contributed by atoms with van der Waals surface area (Å²) in [6.45, 7) is -0.250. The van der Waals surface area contributed by atoms with Gasteiger partial charge in [0, 0.05) is 6.42 Å². The Bertz CT molecular complexity index is 819. The maximum Gasteiger partial charge on any atom is 0.636 e. The molecule has 1 aromatic heterocycles. The molecule has 11 nitrogen and oxygen atoms in total. The summed E-state index contributed by atoms with van der Waals surface area (Å²) in [5.41, 5.74) is -1.78. The van der Waals surface area contributed by atoms with E-state index in [-0.39, 0.29) is 27.2 Å². The molecule has 4 aliphatic rings. The van der Waals surface area contributed by atoms with Gasteiger partial charge in [0.1, 0.15) is 22.5 Å². The first-order valence-corrected chi connectivity index (χ1v) is 8.65. The fraction of sp³-hybridized carbons (Fsp3) is 0.556. The van der Waals surface area contributed by atoms with Gasteiger partial charge in [0.05, 0.1) is 6.10 Å². The van der Waals surface area contributed by atoms with E-state index in [9.17, 15) is 19.3 Å². The van der Waals surface area contributed by atoms with E-state index >= 15 is 0 Å². The third-order valence-corrected chi connectivity index (χ3v) is 5.38. The molecule has 22 heavy (non-hydrogen) atoms. The second-order valence-corrected chi connectivity index (χ2v) is 7.25. The van der Waals surface area contributed by atoms with Crippen molar-refractivity contribution in [3.05, 3.63) is 24.4 Å². The van der Waals surface area contributed by atoms with E-state index in [4.69, 9.17) is 18.8 Å². The molecule has 0 saturated carbocycles. The van der Waals surface area contributed by atoms with Crippen LogP contribution in [0.1, 0.15) is 12.6 Å². The van der Waals surface area contributed by atoms with Crippen LogP contribution in [-0.2, 0) is 18.9 Å². The summed E-state index contributed by atoms with van der Waals surface area (Å²) in [6.07, 6.45) is -2.57. The molecule has 120 valence electrons. The Morgan fingerprint density at radius 3 is 2.91 bits per heavy atom. The lowest BCUT2D eigenvalue weighted by Crippen LogP contribution is -2.43. The van der Waals surface area contributed by atoms with Crippen LogP contribution in [0.25, 0.3) is 0 Å². The monoisotopic (exact) mass is 446 g/mol. The molecule has 1 aromatic rings. The van der Waals surface area contributed by atoms with Crippen LogP contribution >= 0.6 is 30.4 Å². The molecular formula is C9H8IN2O9P. The van der Waals surface area contributed by atoms with Gasteiger partial charge in [0.15, 0.2) is 0 Å². The van der Waals surface area contributed by atoms with Crippen molar-refractivity contribution < 1.29 is 33.1 Å². The van der Waals surface area contributed by atoms with Crippen molar-refractivity contribution in [3.63, 3.8) is 0 Å². The molecule has 0 aliphatic carbocycles. The topological polar surface area (TPSA) is 127 Å². The number of aliphatic hydroxyl groups excluding tert-OH is 1. The highest BCUT2D eigenvalue weighted by Crippen LogP contribution is 2.50. The minimum atomic E-state index is -4.38. The predicted molar refractivity (Wildman–Crippen MR) is 74.1 cm³/mol. The summed E-state index contributed by atoms with van der Waals surface area (Å²) in [4.78, 5) is 29.2. The zero-order valence-electron chi connectivity index (χ0n) is 10.6. The van der Waals surface area contributed by atoms with Gasteiger partial charge >= 0.3 is 19.1 Å². The number of hydrogen-bond acceptors (Lipinski definition) is 9. The first-order chi connectivity index (χ1) is 10.4. The van der Waals surface area contributed by atoms with E-state index in [1.165, 1.54) is 0 Å². The van der Waals surface area contributed by atoms with Crippen molar-refractivity contribution in [1.82, 2.24) is 9.30 Å². The maximum atomic E-state index is 12.4. The molecule has 5 rings (SSSR count). The van der Waals surface area contributed by atoms with E-state index in [0.29, 0.717) is 0 Å². The van der Waals surface area contributed by atoms with Crippen LogP contribution in [0, 0.1) is 3.57 Å². The number of phosphoric acid groups is 1. The molecular weight excluding hydrogens is 438 g/mol. The molecule has 4 atom stereocenters. The summed E-state index contributed by atoms with van der Waals surface area (Å²) in [7, 11) is -4.38. The van der Waals surface area contributed by atoms with Crippen LogP contribution in [0.2, 0.25) is 0 Å². The van der Waals surface area contributed by atoms with E-state index < -0.39 is 37.5 Å². The predicted octanol–water partition coefficient (Wildman–Crippen LogP) is -0.846. The van der Waals surface area contributed by atoms with Crippen LogP contribution in [-0.4, -0.2) is 33.2 Å². The lowest BCUT2D eigenvalue weighted by atomic mass is 10.2. The van der Waals surface area contributed by atoms with Crippen LogP contribution in [0.3, 0.4) is 0 Å². The number of halogens is 1. The first kappa shape index (κ1) is 14.7. The second-order valence-electron chi connectivity index (χ2n) is 4.78. The molecule has 4 aliphatic heterocycles. The molecule has 1 unspecified atom stereocenters. The van der Waals surface area contributed by atoms with Crippen molar-refractivity contribution in [2.24, 2.45) is 0 Å². The summed E-state index contributed by atoms with van der Waals surface area (Å²) < 4.78 is 33.6. The van der Waals surface area contributed by atoms with E-state index in [1.54, 1.807) is 22.6 Å². The highest BCUT2D eigenvalue weighted by molar-refractivity contribution is 14.1. The molecule has 0 spiro atoms. The number of fused-ring (bicyclic) bond motifs is 3. The van der Waals surface area contributed by atoms with E-state index in [0.717, 1.165) is 4.57 Å². The van der Waals surface area contributed by atoms with Gasteiger partial charge in [-0.05, 0) is 22.6 Å². The van der Waals surface area contributed by atoms with Gasteiger partial charge in [-0.2, -0.15) is 0 Å². The normalized spacial score (nSPS) is 35.8. The molecule has 5 heterocycles. The number of nitrogens with zero attached hydrogens (tertiary/aromatic N) is 2. The molecule has 1 saturated heterocycles. The van der Waals surface area contributed by atoms with Crippen molar-refractivity contribution >= 4 is 30.4 Å². The number of aliphatic hydroxyl groups is 1. The zero-order valence-corrected chi connectivity index (χ0v) is 13.6. The van der Waals surface area contributed by atoms with Gasteiger partial charge < -0.3 is 14.4 Å². The van der Waals surface area contributed by atoms with Crippen molar-refractivity contribution in [3.8, 4) is 5.88 Å². The standard InChI is InChI=1S/C9H8IN2O9P/c10-6-7(14)12-9(15)11-5-1-3(13)4(18-5)2-17-21-22(16,20-12)19-8(6)11/h3-5,13H,1-2H2/t3-,4+,5+,22?/m0/s1. The summed E-state index contributed by atoms with van der Waals surface area (Å²) in [5.74, 6) is -0.309. The second kappa shape index (κ2) is 4.79. The maximum absolute atomic E-state index is 12.4. The molecule has 0 radical (unpaired) electrons. The molecule has 1 N–H and O–H groups in total. The van der Waals surface area contributed by atoms with Gasteiger partial charge in [0.25, 0.3) is 0 Å². The van der Waals surface area contributed by atoms with Gasteiger partial charge in [-0.1, -0.05) is 4.73 Å². The van der Waals surface area contributed by atoms with Gasteiger partial charge in [-0.3, -0.25) is 9.42 Å². The highest BCUT2D eigenvalue weighted by atomic mass is 127. The van der Waals surface area contributed by atoms with Crippen LogP contribution in [0.4, 0.5) is 0 Å². The third-order valence-electron chi connectivity index (χ3n) is 3.41. The smallest absolute Gasteiger partial charge is 0.390 e. The SMILES string of the molecule is O=c1c(I)c2n3c(=O)n1OP(=O)(OOC[C@H]1O[C@@H]3C[C@@H]1O)O2. The minimum Gasteiger partial charge on any atom is -0.390 e. The molecule has 13 heteroatoms. The van der Waals surface area contributed by atoms with Gasteiger partial charge in [-0.15, -0.1) is 4.67 Å². The lowest BCUT2D eigenvalue weighted by Gasteiger charge is -2.20. The number of rotatable bonds is 0. The molecule has 0 aromatic carbocycles. The van der Waals surface area contributed by atoms with E-state index in [2.05, 4.69) is 4.67 Å². The van der Waals surface area contributed by atoms with Crippen LogP contribution in [0.5, 0.6) is 5.88 Å². The molecule has 6 bridgehead atoms. The van der Waals surface area contributed by atoms with Crippen LogP contribution in [0.15, 0.2) is 9.59 Å². The van der Waals surface area contributed by atoms with Gasteiger partial charge in [0.2, 0.25) is 5.88 Å². The first-order valence-electron chi connectivity index (χ1n) is 6.11. The lowest BCUT2D eigenvalue weighted by molar-refractivity contribution is -0.247. The fourth-order valence-corrected chi connectivity index (χ4v) is 4.18. The Labute approximate surface area is 134 Å². The van der Waals surface area contributed by atoms with Crippen molar-refractivity contribution in [1.29, 1.82) is 0 Å². The minimum absolute atomic E-state index is 0.0411. The quantitative estimate of drug-likeness (QED) is 0.308. The summed E-state index contributed by atoms with van der Waals surface area (Å²) >= 11 is 1.63. The van der Waals surface area contributed by atoms with Crippen molar-refractivity contribution in [2.75, 3.05) is 6.61 Å². The number of ether oxygens (including phenoxy) is 1. The average molecular weight is 446 g/mol. The molecule has 1 fully saturated rings. The Balaban J connectivity index is 2.02.